The van der Waals surface area contributed by atoms with Gasteiger partial charge in [-0.25, -0.2) is 9.37 Å². The molecular formula is C30H26F4N4O. The standard InChI is InChI=1S/C30H26F4N4O/c1-36-12-14-37(15-13-36)20-24-6-5-21(16-26(24)30(32,33)34)17-28(39)23-8-10-27(31)22(18-23)7-9-25-19-35-29-4-2-3-11-38(25)29/h2-6,8,10-11,16,18-19H,12-15,17,20H2,1H3. The maximum Gasteiger partial charge on any atom is 0.416 e. The summed E-state index contributed by atoms with van der Waals surface area (Å²) < 4.78 is 58.0. The van der Waals surface area contributed by atoms with Crippen molar-refractivity contribution in [1.82, 2.24) is 19.2 Å². The van der Waals surface area contributed by atoms with Crippen LogP contribution in [0.1, 0.15) is 38.3 Å². The number of carbonyl (C=O) groups excluding carboxylic acids is 1. The third kappa shape index (κ3) is 6.19. The van der Waals surface area contributed by atoms with Crippen LogP contribution >= 0.6 is 0 Å². The van der Waals surface area contributed by atoms with E-state index < -0.39 is 23.3 Å². The number of ketones is 1. The molecule has 5 nitrogen and oxygen atoms in total. The molecule has 0 spiro atoms. The number of pyridine rings is 1. The summed E-state index contributed by atoms with van der Waals surface area (Å²) in [6, 6.07) is 13.4. The average molecular weight is 535 g/mol. The maximum atomic E-state index is 14.5. The SMILES string of the molecule is CN1CCN(Cc2ccc(CC(=O)c3ccc(F)c(C#Cc4cnc5ccccn45)c3)cc2C(F)(F)F)CC1. The molecule has 0 bridgehead atoms. The fourth-order valence-corrected chi connectivity index (χ4v) is 4.62. The van der Waals surface area contributed by atoms with Crippen LogP contribution in [0.15, 0.2) is 67.0 Å². The van der Waals surface area contributed by atoms with Crippen molar-refractivity contribution in [2.24, 2.45) is 0 Å². The minimum Gasteiger partial charge on any atom is -0.304 e. The predicted octanol–water partition coefficient (Wildman–Crippen LogP) is 5.06. The van der Waals surface area contributed by atoms with Gasteiger partial charge in [-0.1, -0.05) is 24.1 Å². The quantitative estimate of drug-likeness (QED) is 0.204. The summed E-state index contributed by atoms with van der Waals surface area (Å²) >= 11 is 0. The van der Waals surface area contributed by atoms with E-state index in [2.05, 4.69) is 21.7 Å². The van der Waals surface area contributed by atoms with Gasteiger partial charge < -0.3 is 4.90 Å². The van der Waals surface area contributed by atoms with Gasteiger partial charge in [-0.2, -0.15) is 13.2 Å². The summed E-state index contributed by atoms with van der Waals surface area (Å²) in [7, 11) is 1.99. The molecule has 0 unspecified atom stereocenters. The second-order valence-corrected chi connectivity index (χ2v) is 9.69. The number of hydrogen-bond acceptors (Lipinski definition) is 4. The highest BCUT2D eigenvalue weighted by molar-refractivity contribution is 5.97. The van der Waals surface area contributed by atoms with Gasteiger partial charge in [0.05, 0.1) is 17.3 Å². The number of carbonyl (C=O) groups is 1. The van der Waals surface area contributed by atoms with Crippen LogP contribution in [0.25, 0.3) is 5.65 Å². The highest BCUT2D eigenvalue weighted by Crippen LogP contribution is 2.34. The molecule has 1 aliphatic heterocycles. The number of imidazole rings is 1. The van der Waals surface area contributed by atoms with Crippen molar-refractivity contribution in [3.63, 3.8) is 0 Å². The normalized spacial score (nSPS) is 14.8. The van der Waals surface area contributed by atoms with E-state index in [1.807, 2.05) is 30.1 Å². The Kier molecular flexibility index (Phi) is 7.51. The molecular weight excluding hydrogens is 508 g/mol. The number of hydrogen-bond donors (Lipinski definition) is 0. The molecule has 2 aromatic carbocycles. The molecule has 1 saturated heterocycles. The number of halogens is 4. The number of aromatic nitrogens is 2. The highest BCUT2D eigenvalue weighted by atomic mass is 19.4. The lowest BCUT2D eigenvalue weighted by Crippen LogP contribution is -2.44. The van der Waals surface area contributed by atoms with Crippen LogP contribution in [0.4, 0.5) is 17.6 Å². The van der Waals surface area contributed by atoms with Crippen molar-refractivity contribution in [2.75, 3.05) is 33.2 Å². The minimum atomic E-state index is -4.54. The predicted molar refractivity (Wildman–Crippen MR) is 140 cm³/mol. The minimum absolute atomic E-state index is 0.0187. The Bertz CT molecular complexity index is 1570. The van der Waals surface area contributed by atoms with E-state index in [0.717, 1.165) is 25.2 Å². The van der Waals surface area contributed by atoms with Gasteiger partial charge in [0.25, 0.3) is 0 Å². The first-order valence-electron chi connectivity index (χ1n) is 12.5. The van der Waals surface area contributed by atoms with Crippen LogP contribution in [-0.2, 0) is 19.1 Å². The summed E-state index contributed by atoms with van der Waals surface area (Å²) in [4.78, 5) is 21.4. The molecule has 5 rings (SSSR count). The molecule has 0 amide bonds. The lowest BCUT2D eigenvalue weighted by Gasteiger charge is -2.33. The van der Waals surface area contributed by atoms with Crippen LogP contribution in [0.3, 0.4) is 0 Å². The third-order valence-electron chi connectivity index (χ3n) is 6.86. The van der Waals surface area contributed by atoms with Crippen LogP contribution in [-0.4, -0.2) is 58.2 Å². The Hall–Kier alpha value is -4.00. The van der Waals surface area contributed by atoms with E-state index in [1.165, 1.54) is 18.2 Å². The summed E-state index contributed by atoms with van der Waals surface area (Å²) in [5.41, 5.74) is 1.15. The zero-order valence-electron chi connectivity index (χ0n) is 21.3. The van der Waals surface area contributed by atoms with Crippen LogP contribution < -0.4 is 0 Å². The number of rotatable bonds is 5. The Balaban J connectivity index is 1.35. The Labute approximate surface area is 223 Å². The number of benzene rings is 2. The van der Waals surface area contributed by atoms with E-state index in [-0.39, 0.29) is 35.2 Å². The van der Waals surface area contributed by atoms with Gasteiger partial charge in [-0.05, 0) is 60.5 Å². The molecule has 0 saturated carbocycles. The molecule has 39 heavy (non-hydrogen) atoms. The first-order valence-corrected chi connectivity index (χ1v) is 12.5. The Morgan fingerprint density at radius 3 is 2.56 bits per heavy atom. The topological polar surface area (TPSA) is 40.8 Å². The first-order chi connectivity index (χ1) is 18.7. The molecule has 200 valence electrons. The second-order valence-electron chi connectivity index (χ2n) is 9.69. The van der Waals surface area contributed by atoms with Crippen molar-refractivity contribution in [1.29, 1.82) is 0 Å². The Morgan fingerprint density at radius 1 is 1.00 bits per heavy atom. The highest BCUT2D eigenvalue weighted by Gasteiger charge is 2.34. The van der Waals surface area contributed by atoms with E-state index >= 15 is 0 Å². The van der Waals surface area contributed by atoms with Gasteiger partial charge >= 0.3 is 6.18 Å². The lowest BCUT2D eigenvalue weighted by molar-refractivity contribution is -0.138. The summed E-state index contributed by atoms with van der Waals surface area (Å²) in [6.45, 7) is 3.19. The van der Waals surface area contributed by atoms with Crippen LogP contribution in [0.2, 0.25) is 0 Å². The van der Waals surface area contributed by atoms with E-state index in [1.54, 1.807) is 22.9 Å². The number of fused-ring (bicyclic) bond motifs is 1. The molecule has 4 aromatic rings. The molecule has 9 heteroatoms. The van der Waals surface area contributed by atoms with Crippen LogP contribution in [0.5, 0.6) is 0 Å². The molecule has 1 fully saturated rings. The van der Waals surface area contributed by atoms with Crippen molar-refractivity contribution in [3.05, 3.63) is 106 Å². The van der Waals surface area contributed by atoms with Gasteiger partial charge in [0.2, 0.25) is 0 Å². The van der Waals surface area contributed by atoms with Gasteiger partial charge in [0.15, 0.2) is 5.78 Å². The van der Waals surface area contributed by atoms with Crippen molar-refractivity contribution < 1.29 is 22.4 Å². The monoisotopic (exact) mass is 534 g/mol. The van der Waals surface area contributed by atoms with Crippen molar-refractivity contribution >= 4 is 11.4 Å². The molecule has 1 aliphatic rings. The lowest BCUT2D eigenvalue weighted by atomic mass is 9.97. The Morgan fingerprint density at radius 2 is 1.79 bits per heavy atom. The van der Waals surface area contributed by atoms with Gasteiger partial charge in [-0.3, -0.25) is 14.1 Å². The second kappa shape index (κ2) is 11.0. The zero-order valence-corrected chi connectivity index (χ0v) is 21.3. The number of Topliss-reactive ketones (excluding diaryl/α,β-unsaturated/α-hetero) is 1. The first kappa shape index (κ1) is 26.6. The number of alkyl halides is 3. The summed E-state index contributed by atoms with van der Waals surface area (Å²) in [6.07, 6.45) is -1.43. The molecule has 3 heterocycles. The average Bonchev–Trinajstić information content (AvgIpc) is 3.33. The maximum absolute atomic E-state index is 14.5. The van der Waals surface area contributed by atoms with Gasteiger partial charge in [0.1, 0.15) is 17.2 Å². The van der Waals surface area contributed by atoms with Gasteiger partial charge in [-0.15, -0.1) is 0 Å². The molecule has 0 radical (unpaired) electrons. The molecule has 0 N–H and O–H groups in total. The number of likely N-dealkylation sites (N-methyl/N-ethyl adjacent to an activating group) is 1. The van der Waals surface area contributed by atoms with E-state index in [0.29, 0.717) is 24.4 Å². The number of nitrogens with zero attached hydrogens (tertiary/aromatic N) is 4. The zero-order chi connectivity index (χ0) is 27.6. The van der Waals surface area contributed by atoms with Crippen molar-refractivity contribution in [3.8, 4) is 11.8 Å². The smallest absolute Gasteiger partial charge is 0.304 e. The fourth-order valence-electron chi connectivity index (χ4n) is 4.62. The molecule has 0 atom stereocenters. The van der Waals surface area contributed by atoms with Gasteiger partial charge in [0, 0.05) is 50.9 Å². The molecule has 0 aliphatic carbocycles. The van der Waals surface area contributed by atoms with Crippen molar-refractivity contribution in [2.45, 2.75) is 19.1 Å². The fraction of sp³-hybridized carbons (Fsp3) is 0.267. The third-order valence-corrected chi connectivity index (χ3v) is 6.86. The van der Waals surface area contributed by atoms with E-state index in [9.17, 15) is 22.4 Å². The van der Waals surface area contributed by atoms with E-state index in [4.69, 9.17) is 0 Å². The number of piperazine rings is 1. The molecule has 2 aromatic heterocycles. The summed E-state index contributed by atoms with van der Waals surface area (Å²) in [5.74, 6) is 4.60. The summed E-state index contributed by atoms with van der Waals surface area (Å²) in [5, 5.41) is 0. The largest absolute Gasteiger partial charge is 0.416 e. The van der Waals surface area contributed by atoms with Crippen LogP contribution in [0, 0.1) is 17.7 Å².